The van der Waals surface area contributed by atoms with E-state index in [1.807, 2.05) is 65.8 Å². The highest BCUT2D eigenvalue weighted by atomic mass is 32.2. The molecule has 1 aromatic heterocycles. The van der Waals surface area contributed by atoms with Gasteiger partial charge in [0.2, 0.25) is 11.3 Å². The van der Waals surface area contributed by atoms with Gasteiger partial charge in [0.05, 0.1) is 32.6 Å². The van der Waals surface area contributed by atoms with Crippen LogP contribution in [0.5, 0.6) is 0 Å². The molecule has 0 saturated carbocycles. The predicted molar refractivity (Wildman–Crippen MR) is 182 cm³/mol. The molecule has 44 heavy (non-hydrogen) atoms. The number of anilines is 2. The number of hydrogen-bond donors (Lipinski definition) is 3. The van der Waals surface area contributed by atoms with Crippen molar-refractivity contribution in [3.8, 4) is 0 Å². The first-order valence-electron chi connectivity index (χ1n) is 15.1. The fourth-order valence-corrected chi connectivity index (χ4v) is 7.64. The SMILES string of the molecule is CCC(CNc1cc(C)c2nc3cc(NS(=O)(=O)c4c(C(C)C)cc(C(C)C)cc4C(C)C)ccc3nc2c1)N(C)S(=O)O. The molecule has 4 rings (SSSR count). The molecule has 2 unspecified atom stereocenters. The summed E-state index contributed by atoms with van der Waals surface area (Å²) in [5.74, 6) is 0.342. The number of nitrogens with zero attached hydrogens (tertiary/aromatic N) is 3. The number of hydrogen-bond acceptors (Lipinski definition) is 6. The van der Waals surface area contributed by atoms with Crippen LogP contribution in [0.1, 0.15) is 94.9 Å². The minimum Gasteiger partial charge on any atom is -0.383 e. The molecule has 0 radical (unpaired) electrons. The van der Waals surface area contributed by atoms with Crippen LogP contribution in [0, 0.1) is 6.92 Å². The first-order valence-corrected chi connectivity index (χ1v) is 17.7. The number of benzene rings is 3. The number of sulfonamides is 1. The molecule has 11 heteroatoms. The van der Waals surface area contributed by atoms with Crippen molar-refractivity contribution in [2.24, 2.45) is 0 Å². The normalized spacial score (nSPS) is 13.9. The molecule has 9 nitrogen and oxygen atoms in total. The Labute approximate surface area is 264 Å². The first kappa shape index (κ1) is 33.8. The quantitative estimate of drug-likeness (QED) is 0.108. The van der Waals surface area contributed by atoms with Gasteiger partial charge < -0.3 is 5.32 Å². The van der Waals surface area contributed by atoms with Gasteiger partial charge in [-0.3, -0.25) is 9.27 Å². The van der Waals surface area contributed by atoms with Gasteiger partial charge >= 0.3 is 0 Å². The van der Waals surface area contributed by atoms with Crippen molar-refractivity contribution in [1.29, 1.82) is 0 Å². The summed E-state index contributed by atoms with van der Waals surface area (Å²) in [5.41, 5.74) is 7.60. The Morgan fingerprint density at radius 1 is 0.864 bits per heavy atom. The monoisotopic (exact) mass is 639 g/mol. The van der Waals surface area contributed by atoms with Gasteiger partial charge in [0.1, 0.15) is 0 Å². The third kappa shape index (κ3) is 7.22. The summed E-state index contributed by atoms with van der Waals surface area (Å²) in [5, 5.41) is 3.37. The lowest BCUT2D eigenvalue weighted by Gasteiger charge is -2.24. The predicted octanol–water partition coefficient (Wildman–Crippen LogP) is 7.52. The van der Waals surface area contributed by atoms with Crippen molar-refractivity contribution < 1.29 is 17.2 Å². The van der Waals surface area contributed by atoms with E-state index < -0.39 is 21.3 Å². The molecular weight excluding hydrogens is 595 g/mol. The zero-order valence-electron chi connectivity index (χ0n) is 27.1. The number of nitrogens with one attached hydrogen (secondary N) is 2. The molecular formula is C33H45N5O4S2. The van der Waals surface area contributed by atoms with Crippen LogP contribution in [0.15, 0.2) is 47.4 Å². The van der Waals surface area contributed by atoms with Crippen molar-refractivity contribution >= 4 is 54.7 Å². The van der Waals surface area contributed by atoms with E-state index in [4.69, 9.17) is 9.97 Å². The van der Waals surface area contributed by atoms with E-state index in [0.29, 0.717) is 40.1 Å². The number of rotatable bonds is 12. The van der Waals surface area contributed by atoms with Crippen LogP contribution in [0.3, 0.4) is 0 Å². The molecule has 1 heterocycles. The number of fused-ring (bicyclic) bond motifs is 2. The lowest BCUT2D eigenvalue weighted by atomic mass is 9.89. The Kier molecular flexibility index (Phi) is 10.3. The fraction of sp³-hybridized carbons (Fsp3) is 0.455. The van der Waals surface area contributed by atoms with E-state index in [-0.39, 0.29) is 23.8 Å². The molecule has 0 spiro atoms. The fourth-order valence-electron chi connectivity index (χ4n) is 5.41. The summed E-state index contributed by atoms with van der Waals surface area (Å²) in [7, 11) is -2.28. The van der Waals surface area contributed by atoms with Gasteiger partial charge in [-0.25, -0.2) is 22.6 Å². The van der Waals surface area contributed by atoms with Crippen LogP contribution in [-0.4, -0.2) is 51.1 Å². The molecule has 4 aromatic rings. The molecule has 0 fully saturated rings. The summed E-state index contributed by atoms with van der Waals surface area (Å²) < 4.78 is 53.2. The zero-order chi connectivity index (χ0) is 32.5. The van der Waals surface area contributed by atoms with Crippen LogP contribution in [0.25, 0.3) is 22.1 Å². The van der Waals surface area contributed by atoms with E-state index in [9.17, 15) is 17.2 Å². The summed E-state index contributed by atoms with van der Waals surface area (Å²) >= 11 is -2.04. The van der Waals surface area contributed by atoms with E-state index in [0.717, 1.165) is 33.5 Å². The molecule has 3 N–H and O–H groups in total. The number of aromatic nitrogens is 2. The molecule has 0 aliphatic carbocycles. The minimum atomic E-state index is -3.90. The smallest absolute Gasteiger partial charge is 0.262 e. The Balaban J connectivity index is 1.69. The maximum Gasteiger partial charge on any atom is 0.262 e. The number of likely N-dealkylation sites (N-methyl/N-ethyl adjacent to an activating group) is 1. The van der Waals surface area contributed by atoms with Gasteiger partial charge in [0, 0.05) is 25.3 Å². The van der Waals surface area contributed by atoms with Crippen LogP contribution >= 0.6 is 0 Å². The van der Waals surface area contributed by atoms with Gasteiger partial charge in [-0.05, 0) is 83.7 Å². The summed E-state index contributed by atoms with van der Waals surface area (Å²) in [6, 6.07) is 13.1. The first-order chi connectivity index (χ1) is 20.6. The third-order valence-electron chi connectivity index (χ3n) is 8.10. The van der Waals surface area contributed by atoms with Crippen molar-refractivity contribution in [3.05, 3.63) is 64.7 Å². The molecule has 238 valence electrons. The topological polar surface area (TPSA) is 125 Å². The van der Waals surface area contributed by atoms with Crippen molar-refractivity contribution in [2.75, 3.05) is 23.6 Å². The van der Waals surface area contributed by atoms with E-state index >= 15 is 0 Å². The maximum absolute atomic E-state index is 14.0. The average molecular weight is 640 g/mol. The van der Waals surface area contributed by atoms with Crippen molar-refractivity contribution in [3.63, 3.8) is 0 Å². The van der Waals surface area contributed by atoms with Gasteiger partial charge in [0.25, 0.3) is 10.0 Å². The maximum atomic E-state index is 14.0. The van der Waals surface area contributed by atoms with Crippen LogP contribution in [-0.2, 0) is 21.3 Å². The second-order valence-corrected chi connectivity index (χ2v) is 15.1. The van der Waals surface area contributed by atoms with Crippen LogP contribution in [0.4, 0.5) is 11.4 Å². The minimum absolute atomic E-state index is 0.0291. The van der Waals surface area contributed by atoms with Crippen LogP contribution in [0.2, 0.25) is 0 Å². The Morgan fingerprint density at radius 2 is 1.48 bits per heavy atom. The van der Waals surface area contributed by atoms with Gasteiger partial charge in [0.15, 0.2) is 0 Å². The molecule has 0 bridgehead atoms. The average Bonchev–Trinajstić information content (AvgIpc) is 2.95. The van der Waals surface area contributed by atoms with Gasteiger partial charge in [-0.15, -0.1) is 0 Å². The Bertz CT molecular complexity index is 1780. The second-order valence-electron chi connectivity index (χ2n) is 12.4. The highest BCUT2D eigenvalue weighted by molar-refractivity contribution is 7.92. The highest BCUT2D eigenvalue weighted by Gasteiger charge is 2.27. The highest BCUT2D eigenvalue weighted by Crippen LogP contribution is 2.36. The van der Waals surface area contributed by atoms with Gasteiger partial charge in [-0.1, -0.05) is 60.6 Å². The second kappa shape index (κ2) is 13.5. The van der Waals surface area contributed by atoms with E-state index in [2.05, 4.69) is 23.9 Å². The third-order valence-corrected chi connectivity index (χ3v) is 10.4. The largest absolute Gasteiger partial charge is 0.383 e. The molecule has 2 atom stereocenters. The van der Waals surface area contributed by atoms with Crippen molar-refractivity contribution in [1.82, 2.24) is 14.3 Å². The lowest BCUT2D eigenvalue weighted by molar-refractivity contribution is 0.360. The molecule has 3 aromatic carbocycles. The van der Waals surface area contributed by atoms with Crippen molar-refractivity contribution in [2.45, 2.75) is 90.5 Å². The summed E-state index contributed by atoms with van der Waals surface area (Å²) in [4.78, 5) is 10.0. The molecule has 0 amide bonds. The van der Waals surface area contributed by atoms with Crippen LogP contribution < -0.4 is 10.0 Å². The lowest BCUT2D eigenvalue weighted by Crippen LogP contribution is -2.37. The summed E-state index contributed by atoms with van der Waals surface area (Å²) in [6.45, 7) is 16.8. The van der Waals surface area contributed by atoms with Gasteiger partial charge in [-0.2, -0.15) is 4.31 Å². The van der Waals surface area contributed by atoms with E-state index in [1.54, 1.807) is 25.2 Å². The molecule has 0 aliphatic heterocycles. The Hall–Kier alpha value is -3.12. The Morgan fingerprint density at radius 3 is 2.02 bits per heavy atom. The standard InChI is InChI=1S/C33H45N5O4S2/c1-10-26(38(9)43(39)40)18-34-25-13-22(8)32-31(17-25)35-29-12-11-24(16-30(29)36-32)37-44(41,42)33-27(20(4)5)14-23(19(2)3)15-28(33)21(6)7/h11-17,19-21,26,34,37H,10,18H2,1-9H3,(H,39,40). The molecule has 0 saturated heterocycles. The zero-order valence-corrected chi connectivity index (χ0v) is 28.7. The molecule has 0 aliphatic rings. The summed E-state index contributed by atoms with van der Waals surface area (Å²) in [6.07, 6.45) is 0.708. The number of aryl methyl sites for hydroxylation is 1. The van der Waals surface area contributed by atoms with E-state index in [1.165, 1.54) is 4.31 Å².